The molecule has 0 aromatic rings. The summed E-state index contributed by atoms with van der Waals surface area (Å²) >= 11 is 0. The van der Waals surface area contributed by atoms with Gasteiger partial charge in [0, 0.05) is 0 Å². The van der Waals surface area contributed by atoms with Crippen LogP contribution in [0.2, 0.25) is 0 Å². The Labute approximate surface area is 70.4 Å². The van der Waals surface area contributed by atoms with Crippen LogP contribution in [0.25, 0.3) is 0 Å². The predicted octanol–water partition coefficient (Wildman–Crippen LogP) is 3.47. The number of hydrogen-bond donors (Lipinski definition) is 0. The van der Waals surface area contributed by atoms with Crippen molar-refractivity contribution < 1.29 is 0 Å². The zero-order valence-electron chi connectivity index (χ0n) is 7.84. The third-order valence-corrected chi connectivity index (χ3v) is 3.86. The zero-order valence-corrected chi connectivity index (χ0v) is 7.84. The van der Waals surface area contributed by atoms with Crippen LogP contribution < -0.4 is 0 Å². The van der Waals surface area contributed by atoms with Crippen molar-refractivity contribution in [1.29, 1.82) is 0 Å². The first-order chi connectivity index (χ1) is 5.31. The largest absolute Gasteiger partial charge is 0.0654 e. The number of rotatable bonds is 2. The molecule has 2 fully saturated rings. The highest BCUT2D eigenvalue weighted by molar-refractivity contribution is 4.95. The summed E-state index contributed by atoms with van der Waals surface area (Å²) in [4.78, 5) is 0. The summed E-state index contributed by atoms with van der Waals surface area (Å²) in [7, 11) is 0. The highest BCUT2D eigenvalue weighted by atomic mass is 14.5. The van der Waals surface area contributed by atoms with Crippen molar-refractivity contribution in [1.82, 2.24) is 0 Å². The van der Waals surface area contributed by atoms with Gasteiger partial charge in [0.15, 0.2) is 0 Å². The van der Waals surface area contributed by atoms with Gasteiger partial charge in [-0.3, -0.25) is 0 Å². The van der Waals surface area contributed by atoms with Crippen LogP contribution in [-0.4, -0.2) is 0 Å². The Balaban J connectivity index is 1.85. The van der Waals surface area contributed by atoms with E-state index in [1.165, 1.54) is 12.8 Å². The lowest BCUT2D eigenvalue weighted by atomic mass is 9.65. The summed E-state index contributed by atoms with van der Waals surface area (Å²) in [5.74, 6) is 4.49. The van der Waals surface area contributed by atoms with Crippen LogP contribution >= 0.6 is 0 Å². The topological polar surface area (TPSA) is 0 Å². The fraction of sp³-hybridized carbons (Fsp3) is 1.00. The SMILES string of the molecule is CCCC1CC2CC(C)CC12. The lowest BCUT2D eigenvalue weighted by Gasteiger charge is -2.40. The van der Waals surface area contributed by atoms with Crippen molar-refractivity contribution in [3.63, 3.8) is 0 Å². The summed E-state index contributed by atoms with van der Waals surface area (Å²) in [6.45, 7) is 4.76. The summed E-state index contributed by atoms with van der Waals surface area (Å²) < 4.78 is 0. The molecule has 0 saturated heterocycles. The summed E-state index contributed by atoms with van der Waals surface area (Å²) in [6, 6.07) is 0. The van der Waals surface area contributed by atoms with Gasteiger partial charge in [-0.15, -0.1) is 0 Å². The summed E-state index contributed by atoms with van der Waals surface area (Å²) in [5.41, 5.74) is 0. The molecular formula is C11H20. The third kappa shape index (κ3) is 1.21. The van der Waals surface area contributed by atoms with Crippen LogP contribution in [0.1, 0.15) is 46.0 Å². The molecule has 0 heterocycles. The molecule has 2 aliphatic carbocycles. The van der Waals surface area contributed by atoms with Gasteiger partial charge >= 0.3 is 0 Å². The van der Waals surface area contributed by atoms with Crippen molar-refractivity contribution in [3.05, 3.63) is 0 Å². The molecule has 0 nitrogen and oxygen atoms in total. The molecule has 0 amide bonds. The molecule has 0 aliphatic heterocycles. The van der Waals surface area contributed by atoms with E-state index < -0.39 is 0 Å². The van der Waals surface area contributed by atoms with Crippen molar-refractivity contribution >= 4 is 0 Å². The van der Waals surface area contributed by atoms with Gasteiger partial charge in [-0.2, -0.15) is 0 Å². The minimum absolute atomic E-state index is 1.05. The van der Waals surface area contributed by atoms with Crippen LogP contribution in [0.3, 0.4) is 0 Å². The molecule has 64 valence electrons. The molecular weight excluding hydrogens is 132 g/mol. The smallest absolute Gasteiger partial charge is 0.0355 e. The van der Waals surface area contributed by atoms with Gasteiger partial charge < -0.3 is 0 Å². The van der Waals surface area contributed by atoms with Gasteiger partial charge in [-0.1, -0.05) is 26.7 Å². The molecule has 0 spiro atoms. The van der Waals surface area contributed by atoms with E-state index in [2.05, 4.69) is 13.8 Å². The predicted molar refractivity (Wildman–Crippen MR) is 48.4 cm³/mol. The fourth-order valence-corrected chi connectivity index (χ4v) is 3.36. The van der Waals surface area contributed by atoms with Crippen molar-refractivity contribution in [2.24, 2.45) is 23.7 Å². The molecule has 4 unspecified atom stereocenters. The van der Waals surface area contributed by atoms with Crippen LogP contribution in [-0.2, 0) is 0 Å². The van der Waals surface area contributed by atoms with E-state index in [1.54, 1.807) is 19.3 Å². The summed E-state index contributed by atoms with van der Waals surface area (Å²) in [6.07, 6.45) is 7.58. The van der Waals surface area contributed by atoms with Crippen molar-refractivity contribution in [2.75, 3.05) is 0 Å². The molecule has 4 atom stereocenters. The molecule has 2 saturated carbocycles. The average Bonchev–Trinajstić information content (AvgIpc) is 2.24. The van der Waals surface area contributed by atoms with E-state index in [1.807, 2.05) is 0 Å². The first-order valence-corrected chi connectivity index (χ1v) is 5.31. The van der Waals surface area contributed by atoms with Crippen LogP contribution in [0, 0.1) is 23.7 Å². The molecule has 0 N–H and O–H groups in total. The maximum absolute atomic E-state index is 2.43. The minimum atomic E-state index is 1.05. The molecule has 0 bridgehead atoms. The second-order valence-electron chi connectivity index (χ2n) is 4.78. The second kappa shape index (κ2) is 2.80. The highest BCUT2D eigenvalue weighted by Gasteiger charge is 2.45. The maximum Gasteiger partial charge on any atom is -0.0355 e. The van der Waals surface area contributed by atoms with Crippen LogP contribution in [0.4, 0.5) is 0 Å². The first-order valence-electron chi connectivity index (χ1n) is 5.31. The molecule has 2 aliphatic rings. The normalized spacial score (nSPS) is 48.5. The van der Waals surface area contributed by atoms with E-state index in [4.69, 9.17) is 0 Å². The Morgan fingerprint density at radius 2 is 2.00 bits per heavy atom. The molecule has 2 rings (SSSR count). The highest BCUT2D eigenvalue weighted by Crippen LogP contribution is 2.54. The molecule has 0 heteroatoms. The monoisotopic (exact) mass is 152 g/mol. The number of hydrogen-bond acceptors (Lipinski definition) is 0. The van der Waals surface area contributed by atoms with Gasteiger partial charge in [0.2, 0.25) is 0 Å². The fourth-order valence-electron chi connectivity index (χ4n) is 3.36. The van der Waals surface area contributed by atoms with E-state index in [0.717, 1.165) is 23.7 Å². The molecule has 11 heavy (non-hydrogen) atoms. The Morgan fingerprint density at radius 1 is 1.18 bits per heavy atom. The van der Waals surface area contributed by atoms with Crippen molar-refractivity contribution in [3.8, 4) is 0 Å². The van der Waals surface area contributed by atoms with E-state index in [9.17, 15) is 0 Å². The van der Waals surface area contributed by atoms with Gasteiger partial charge in [-0.05, 0) is 42.9 Å². The molecule has 0 aromatic heterocycles. The Kier molecular flexibility index (Phi) is 1.95. The van der Waals surface area contributed by atoms with Gasteiger partial charge in [0.25, 0.3) is 0 Å². The standard InChI is InChI=1S/C11H20/c1-3-4-9-7-10-5-8(2)6-11(9)10/h8-11H,3-7H2,1-2H3. The number of fused-ring (bicyclic) bond motifs is 1. The van der Waals surface area contributed by atoms with Gasteiger partial charge in [0.1, 0.15) is 0 Å². The van der Waals surface area contributed by atoms with E-state index >= 15 is 0 Å². The molecule has 0 aromatic carbocycles. The zero-order chi connectivity index (χ0) is 7.84. The maximum atomic E-state index is 2.43. The average molecular weight is 152 g/mol. The quantitative estimate of drug-likeness (QED) is 0.568. The second-order valence-corrected chi connectivity index (χ2v) is 4.78. The van der Waals surface area contributed by atoms with Gasteiger partial charge in [-0.25, -0.2) is 0 Å². The summed E-state index contributed by atoms with van der Waals surface area (Å²) in [5, 5.41) is 0. The lowest BCUT2D eigenvalue weighted by molar-refractivity contribution is 0.0943. The first kappa shape index (κ1) is 7.64. The van der Waals surface area contributed by atoms with Crippen molar-refractivity contribution in [2.45, 2.75) is 46.0 Å². The van der Waals surface area contributed by atoms with Crippen LogP contribution in [0.15, 0.2) is 0 Å². The minimum Gasteiger partial charge on any atom is -0.0654 e. The molecule has 0 radical (unpaired) electrons. The Hall–Kier alpha value is 0. The third-order valence-electron chi connectivity index (χ3n) is 3.86. The van der Waals surface area contributed by atoms with E-state index in [-0.39, 0.29) is 0 Å². The van der Waals surface area contributed by atoms with E-state index in [0.29, 0.717) is 0 Å². The lowest BCUT2D eigenvalue weighted by Crippen LogP contribution is -2.32. The van der Waals surface area contributed by atoms with Crippen LogP contribution in [0.5, 0.6) is 0 Å². The van der Waals surface area contributed by atoms with Gasteiger partial charge in [0.05, 0.1) is 0 Å². The Morgan fingerprint density at radius 3 is 2.64 bits per heavy atom. The Bertz CT molecular complexity index is 139.